The molecule has 0 saturated carbocycles. The minimum Gasteiger partial charge on any atom is -0.297 e. The monoisotopic (exact) mass is 398 g/mol. The van der Waals surface area contributed by atoms with E-state index in [9.17, 15) is 13.2 Å². The van der Waals surface area contributed by atoms with Gasteiger partial charge in [0.15, 0.2) is 5.13 Å². The summed E-state index contributed by atoms with van der Waals surface area (Å²) in [6.07, 6.45) is 1.58. The van der Waals surface area contributed by atoms with Gasteiger partial charge in [0.1, 0.15) is 0 Å². The van der Waals surface area contributed by atoms with Crippen LogP contribution in [0.2, 0.25) is 5.02 Å². The van der Waals surface area contributed by atoms with Crippen molar-refractivity contribution in [3.05, 3.63) is 56.7 Å². The highest BCUT2D eigenvalue weighted by molar-refractivity contribution is 7.91. The van der Waals surface area contributed by atoms with Gasteiger partial charge in [-0.25, -0.2) is 13.4 Å². The molecule has 2 aromatic heterocycles. The quantitative estimate of drug-likeness (QED) is 0.712. The van der Waals surface area contributed by atoms with E-state index >= 15 is 0 Å². The lowest BCUT2D eigenvalue weighted by Crippen LogP contribution is -2.12. The molecule has 0 atom stereocenters. The van der Waals surface area contributed by atoms with E-state index in [0.29, 0.717) is 20.6 Å². The van der Waals surface area contributed by atoms with Crippen LogP contribution in [0, 0.1) is 6.92 Å². The first-order valence-corrected chi connectivity index (χ1v) is 10.3. The average Bonchev–Trinajstić information content (AvgIpc) is 3.17. The number of nitrogens with one attached hydrogen (secondary N) is 1. The first kappa shape index (κ1) is 17.1. The van der Waals surface area contributed by atoms with E-state index in [-0.39, 0.29) is 15.7 Å². The molecule has 0 radical (unpaired) electrons. The molecule has 0 aliphatic rings. The van der Waals surface area contributed by atoms with Crippen LogP contribution >= 0.6 is 34.3 Å². The zero-order chi connectivity index (χ0) is 17.3. The van der Waals surface area contributed by atoms with Crippen molar-refractivity contribution in [3.8, 4) is 0 Å². The summed E-state index contributed by atoms with van der Waals surface area (Å²) in [4.78, 5) is 16.9. The standard InChI is InChI=1S/C15H11ClN2O3S3/c1-9-12(24(20,21)11-4-2-10(16)3-5-11)8-23-13(9)14(19)18-15-17-6-7-22-15/h2-8H,1H3,(H,17,18,19). The van der Waals surface area contributed by atoms with E-state index in [2.05, 4.69) is 10.3 Å². The van der Waals surface area contributed by atoms with Gasteiger partial charge in [0.25, 0.3) is 5.91 Å². The molecule has 0 saturated heterocycles. The zero-order valence-corrected chi connectivity index (χ0v) is 15.5. The fraction of sp³-hybridized carbons (Fsp3) is 0.0667. The van der Waals surface area contributed by atoms with Gasteiger partial charge in [-0.1, -0.05) is 11.6 Å². The number of sulfone groups is 1. The Morgan fingerprint density at radius 3 is 2.54 bits per heavy atom. The van der Waals surface area contributed by atoms with Crippen LogP contribution in [0.5, 0.6) is 0 Å². The summed E-state index contributed by atoms with van der Waals surface area (Å²) >= 11 is 8.19. The molecule has 0 aliphatic heterocycles. The number of carbonyl (C=O) groups excluding carboxylic acids is 1. The molecule has 1 amide bonds. The second kappa shape index (κ2) is 6.64. The number of nitrogens with zero attached hydrogens (tertiary/aromatic N) is 1. The molecule has 0 bridgehead atoms. The Hall–Kier alpha value is -1.74. The van der Waals surface area contributed by atoms with E-state index in [1.165, 1.54) is 41.0 Å². The van der Waals surface area contributed by atoms with E-state index in [4.69, 9.17) is 11.6 Å². The Bertz CT molecular complexity index is 978. The molecular weight excluding hydrogens is 388 g/mol. The lowest BCUT2D eigenvalue weighted by atomic mass is 10.3. The predicted octanol–water partition coefficient (Wildman–Crippen LogP) is 4.25. The van der Waals surface area contributed by atoms with Gasteiger partial charge in [-0.05, 0) is 36.8 Å². The van der Waals surface area contributed by atoms with Gasteiger partial charge in [0.2, 0.25) is 9.84 Å². The number of hydrogen-bond donors (Lipinski definition) is 1. The summed E-state index contributed by atoms with van der Waals surface area (Å²) in [5, 5.41) is 6.81. The van der Waals surface area contributed by atoms with Gasteiger partial charge >= 0.3 is 0 Å². The normalized spacial score (nSPS) is 11.4. The summed E-state index contributed by atoms with van der Waals surface area (Å²) in [6.45, 7) is 1.62. The van der Waals surface area contributed by atoms with Crippen molar-refractivity contribution in [2.75, 3.05) is 5.32 Å². The first-order valence-electron chi connectivity index (χ1n) is 6.69. The van der Waals surface area contributed by atoms with Crippen molar-refractivity contribution < 1.29 is 13.2 Å². The summed E-state index contributed by atoms with van der Waals surface area (Å²) in [6, 6.07) is 5.94. The number of thiophene rings is 1. The van der Waals surface area contributed by atoms with Crippen molar-refractivity contribution in [2.45, 2.75) is 16.7 Å². The molecule has 5 nitrogen and oxygen atoms in total. The molecule has 0 unspecified atom stereocenters. The highest BCUT2D eigenvalue weighted by atomic mass is 35.5. The summed E-state index contributed by atoms with van der Waals surface area (Å²) < 4.78 is 25.5. The van der Waals surface area contributed by atoms with Crippen molar-refractivity contribution >= 4 is 55.2 Å². The molecule has 0 aliphatic carbocycles. The molecule has 0 spiro atoms. The molecule has 3 rings (SSSR count). The molecule has 124 valence electrons. The average molecular weight is 399 g/mol. The van der Waals surface area contributed by atoms with Gasteiger partial charge in [-0.2, -0.15) is 0 Å². The largest absolute Gasteiger partial charge is 0.297 e. The van der Waals surface area contributed by atoms with E-state index < -0.39 is 9.84 Å². The summed E-state index contributed by atoms with van der Waals surface area (Å²) in [5.74, 6) is -0.370. The smallest absolute Gasteiger partial charge is 0.267 e. The third-order valence-electron chi connectivity index (χ3n) is 3.27. The number of aromatic nitrogens is 1. The second-order valence-electron chi connectivity index (χ2n) is 4.80. The molecule has 1 N–H and O–H groups in total. The maximum atomic E-state index is 12.7. The van der Waals surface area contributed by atoms with E-state index in [1.807, 2.05) is 0 Å². The zero-order valence-electron chi connectivity index (χ0n) is 12.3. The van der Waals surface area contributed by atoms with Crippen molar-refractivity contribution in [1.29, 1.82) is 0 Å². The third kappa shape index (κ3) is 3.23. The highest BCUT2D eigenvalue weighted by Crippen LogP contribution is 2.31. The minimum atomic E-state index is -3.70. The topological polar surface area (TPSA) is 76.1 Å². The number of anilines is 1. The van der Waals surface area contributed by atoms with Crippen LogP contribution in [-0.2, 0) is 9.84 Å². The maximum Gasteiger partial charge on any atom is 0.267 e. The Morgan fingerprint density at radius 1 is 1.21 bits per heavy atom. The van der Waals surface area contributed by atoms with Crippen LogP contribution in [0.3, 0.4) is 0 Å². The summed E-state index contributed by atoms with van der Waals surface area (Å²) in [5.41, 5.74) is 0.420. The van der Waals surface area contributed by atoms with Gasteiger partial charge in [-0.15, -0.1) is 22.7 Å². The lowest BCUT2D eigenvalue weighted by Gasteiger charge is -2.05. The van der Waals surface area contributed by atoms with Gasteiger partial charge in [0, 0.05) is 22.0 Å². The number of carbonyl (C=O) groups is 1. The number of halogens is 1. The molecule has 2 heterocycles. The minimum absolute atomic E-state index is 0.124. The molecular formula is C15H11ClN2O3S3. The SMILES string of the molecule is Cc1c(S(=O)(=O)c2ccc(Cl)cc2)csc1C(=O)Nc1nccs1. The number of rotatable bonds is 4. The molecule has 0 fully saturated rings. The maximum absolute atomic E-state index is 12.7. The van der Waals surface area contributed by atoms with E-state index in [1.54, 1.807) is 18.5 Å². The van der Waals surface area contributed by atoms with Crippen LogP contribution in [0.15, 0.2) is 51.0 Å². The van der Waals surface area contributed by atoms with Gasteiger partial charge in [0.05, 0.1) is 14.7 Å². The number of amides is 1. The Morgan fingerprint density at radius 2 is 1.92 bits per heavy atom. The number of hydrogen-bond acceptors (Lipinski definition) is 6. The second-order valence-corrected chi connectivity index (χ2v) is 8.93. The van der Waals surface area contributed by atoms with Gasteiger partial charge in [-0.3, -0.25) is 10.1 Å². The van der Waals surface area contributed by atoms with Crippen LogP contribution in [0.25, 0.3) is 0 Å². The molecule has 3 aromatic rings. The Labute approximate surface area is 151 Å². The van der Waals surface area contributed by atoms with Crippen molar-refractivity contribution in [3.63, 3.8) is 0 Å². The Balaban J connectivity index is 1.94. The number of benzene rings is 1. The van der Waals surface area contributed by atoms with Crippen molar-refractivity contribution in [2.24, 2.45) is 0 Å². The highest BCUT2D eigenvalue weighted by Gasteiger charge is 2.25. The van der Waals surface area contributed by atoms with Gasteiger partial charge < -0.3 is 0 Å². The third-order valence-corrected chi connectivity index (χ3v) is 7.33. The fourth-order valence-corrected chi connectivity index (χ4v) is 5.54. The Kier molecular flexibility index (Phi) is 4.73. The predicted molar refractivity (Wildman–Crippen MR) is 96.0 cm³/mol. The molecule has 24 heavy (non-hydrogen) atoms. The molecule has 9 heteroatoms. The lowest BCUT2D eigenvalue weighted by molar-refractivity contribution is 0.103. The fourth-order valence-electron chi connectivity index (χ4n) is 2.07. The van der Waals surface area contributed by atoms with Crippen LogP contribution in [0.4, 0.5) is 5.13 Å². The van der Waals surface area contributed by atoms with E-state index in [0.717, 1.165) is 11.3 Å². The van der Waals surface area contributed by atoms with Crippen LogP contribution in [-0.4, -0.2) is 19.3 Å². The van der Waals surface area contributed by atoms with Crippen LogP contribution in [0.1, 0.15) is 15.2 Å². The van der Waals surface area contributed by atoms with Crippen molar-refractivity contribution in [1.82, 2.24) is 4.98 Å². The first-order chi connectivity index (χ1) is 11.4. The molecule has 1 aromatic carbocycles. The number of thiazole rings is 1. The summed E-state index contributed by atoms with van der Waals surface area (Å²) in [7, 11) is -3.70. The van der Waals surface area contributed by atoms with Crippen LogP contribution < -0.4 is 5.32 Å².